The van der Waals surface area contributed by atoms with E-state index in [0.29, 0.717) is 13.1 Å². The Morgan fingerprint density at radius 1 is 0.605 bits per heavy atom. The van der Waals surface area contributed by atoms with Crippen LogP contribution >= 0.6 is 11.6 Å². The van der Waals surface area contributed by atoms with E-state index in [0.717, 1.165) is 65.0 Å². The summed E-state index contributed by atoms with van der Waals surface area (Å²) in [6.07, 6.45) is 2.62. The van der Waals surface area contributed by atoms with Crippen molar-refractivity contribution in [2.24, 2.45) is 23.7 Å². The van der Waals surface area contributed by atoms with Crippen LogP contribution in [0.1, 0.15) is 25.7 Å². The first-order chi connectivity index (χ1) is 18.2. The largest absolute Gasteiger partial charge is 0.481 e. The van der Waals surface area contributed by atoms with Crippen molar-refractivity contribution in [3.8, 4) is 0 Å². The number of piperazine rings is 2. The van der Waals surface area contributed by atoms with Gasteiger partial charge in [-0.15, -0.1) is 0 Å². The molecule has 0 aromatic heterocycles. The van der Waals surface area contributed by atoms with E-state index in [9.17, 15) is 24.3 Å². The average Bonchev–Trinajstić information content (AvgIpc) is 3.70. The van der Waals surface area contributed by atoms with E-state index in [1.54, 1.807) is 0 Å². The summed E-state index contributed by atoms with van der Waals surface area (Å²) in [5.74, 6) is -2.77. The van der Waals surface area contributed by atoms with Gasteiger partial charge in [-0.2, -0.15) is 0 Å². The molecular formula is C26H39ClN4O7. The SMILES string of the molecule is CN1CCN(C(=O)C2C3CCC(O3)C2C(=O)Cl)CC1.CN1CCN(C(=O)C2C3CCC(O3)C2C(=O)O)CC1. The maximum atomic E-state index is 12.6. The summed E-state index contributed by atoms with van der Waals surface area (Å²) in [6, 6.07) is 0. The van der Waals surface area contributed by atoms with Gasteiger partial charge in [0.1, 0.15) is 0 Å². The van der Waals surface area contributed by atoms with Crippen molar-refractivity contribution in [3.05, 3.63) is 0 Å². The summed E-state index contributed by atoms with van der Waals surface area (Å²) in [4.78, 5) is 56.2. The summed E-state index contributed by atoms with van der Waals surface area (Å²) < 4.78 is 11.4. The molecule has 38 heavy (non-hydrogen) atoms. The summed E-state index contributed by atoms with van der Waals surface area (Å²) >= 11 is 5.68. The molecule has 0 aromatic carbocycles. The van der Waals surface area contributed by atoms with Crippen LogP contribution in [0, 0.1) is 23.7 Å². The zero-order chi connectivity index (χ0) is 27.1. The Bertz CT molecular complexity index is 863. The Balaban J connectivity index is 0.000000155. The maximum Gasteiger partial charge on any atom is 0.310 e. The van der Waals surface area contributed by atoms with Gasteiger partial charge in [-0.1, -0.05) is 0 Å². The predicted octanol–water partition coefficient (Wildman–Crippen LogP) is -0.0420. The lowest BCUT2D eigenvalue weighted by Gasteiger charge is -2.36. The molecule has 6 fully saturated rings. The van der Waals surface area contributed by atoms with Gasteiger partial charge in [-0.25, -0.2) is 0 Å². The van der Waals surface area contributed by atoms with E-state index in [2.05, 4.69) is 9.80 Å². The molecule has 0 aromatic rings. The molecular weight excluding hydrogens is 516 g/mol. The molecule has 4 bridgehead atoms. The third-order valence-corrected chi connectivity index (χ3v) is 9.55. The van der Waals surface area contributed by atoms with E-state index < -0.39 is 29.0 Å². The Morgan fingerprint density at radius 3 is 1.32 bits per heavy atom. The van der Waals surface area contributed by atoms with Crippen molar-refractivity contribution in [1.82, 2.24) is 19.6 Å². The van der Waals surface area contributed by atoms with Gasteiger partial charge in [0.2, 0.25) is 17.1 Å². The molecule has 0 radical (unpaired) electrons. The van der Waals surface area contributed by atoms with Crippen LogP contribution in [-0.4, -0.2) is 139 Å². The van der Waals surface area contributed by atoms with Crippen LogP contribution in [0.5, 0.6) is 0 Å². The third-order valence-electron chi connectivity index (χ3n) is 9.29. The minimum Gasteiger partial charge on any atom is -0.481 e. The molecule has 6 rings (SSSR count). The van der Waals surface area contributed by atoms with Crippen LogP contribution in [-0.2, 0) is 28.7 Å². The highest BCUT2D eigenvalue weighted by Crippen LogP contribution is 2.46. The number of fused-ring (bicyclic) bond motifs is 4. The Labute approximate surface area is 228 Å². The van der Waals surface area contributed by atoms with Gasteiger partial charge in [-0.3, -0.25) is 19.2 Å². The van der Waals surface area contributed by atoms with Gasteiger partial charge in [0.15, 0.2) is 0 Å². The van der Waals surface area contributed by atoms with Gasteiger partial charge < -0.3 is 34.2 Å². The van der Waals surface area contributed by atoms with Gasteiger partial charge in [-0.05, 0) is 51.4 Å². The number of ether oxygens (including phenoxy) is 2. The van der Waals surface area contributed by atoms with Crippen molar-refractivity contribution in [3.63, 3.8) is 0 Å². The highest BCUT2D eigenvalue weighted by Gasteiger charge is 2.57. The van der Waals surface area contributed by atoms with Crippen LogP contribution in [0.3, 0.4) is 0 Å². The highest BCUT2D eigenvalue weighted by molar-refractivity contribution is 6.64. The number of carbonyl (C=O) groups excluding carboxylic acids is 3. The number of nitrogens with zero attached hydrogens (tertiary/aromatic N) is 4. The molecule has 0 saturated carbocycles. The Kier molecular flexibility index (Phi) is 8.31. The normalized spacial score (nSPS) is 38.7. The molecule has 212 valence electrons. The quantitative estimate of drug-likeness (QED) is 0.477. The van der Waals surface area contributed by atoms with E-state index in [1.807, 2.05) is 23.9 Å². The summed E-state index contributed by atoms with van der Waals surface area (Å²) in [5.41, 5.74) is 0. The molecule has 6 heterocycles. The number of hydrogen-bond donors (Lipinski definition) is 1. The van der Waals surface area contributed by atoms with E-state index >= 15 is 0 Å². The second-order valence-corrected chi connectivity index (χ2v) is 12.0. The monoisotopic (exact) mass is 554 g/mol. The second-order valence-electron chi connectivity index (χ2n) is 11.6. The van der Waals surface area contributed by atoms with Gasteiger partial charge in [0, 0.05) is 52.4 Å². The number of rotatable bonds is 4. The first-order valence-corrected chi connectivity index (χ1v) is 14.2. The number of likely N-dealkylation sites (N-methyl/N-ethyl adjacent to an activating group) is 2. The van der Waals surface area contributed by atoms with Gasteiger partial charge in [0.25, 0.3) is 0 Å². The number of aliphatic carboxylic acids is 1. The van der Waals surface area contributed by atoms with Crippen LogP contribution in [0.2, 0.25) is 0 Å². The molecule has 1 N–H and O–H groups in total. The molecule has 11 nitrogen and oxygen atoms in total. The molecule has 2 amide bonds. The fourth-order valence-corrected chi connectivity index (χ4v) is 7.34. The first kappa shape index (κ1) is 27.8. The molecule has 6 saturated heterocycles. The third kappa shape index (κ3) is 5.32. The van der Waals surface area contributed by atoms with Crippen molar-refractivity contribution in [1.29, 1.82) is 0 Å². The van der Waals surface area contributed by atoms with E-state index in [-0.39, 0.29) is 42.1 Å². The van der Waals surface area contributed by atoms with Crippen LogP contribution in [0.4, 0.5) is 0 Å². The Morgan fingerprint density at radius 2 is 0.947 bits per heavy atom. The maximum absolute atomic E-state index is 12.6. The fourth-order valence-electron chi connectivity index (χ4n) is 7.06. The number of carboxylic acids is 1. The second kappa shape index (κ2) is 11.4. The smallest absolute Gasteiger partial charge is 0.310 e. The van der Waals surface area contributed by atoms with Crippen molar-refractivity contribution >= 4 is 34.6 Å². The van der Waals surface area contributed by atoms with Crippen molar-refractivity contribution < 1.29 is 33.8 Å². The number of hydrogen-bond acceptors (Lipinski definition) is 8. The van der Waals surface area contributed by atoms with E-state index in [4.69, 9.17) is 21.1 Å². The minimum absolute atomic E-state index is 0.0206. The zero-order valence-electron chi connectivity index (χ0n) is 22.2. The standard InChI is InChI=1S/C13H19ClN2O3.C13H20N2O4/c1-15-4-6-16(7-5-15)13(18)11-9-3-2-8(19-9)10(11)12(14)17;1-14-4-6-15(7-5-14)12(16)10-8-2-3-9(19-8)11(10)13(17)18/h8-11H,2-7H2,1H3;8-11H,2-7H2,1H3,(H,17,18). The lowest BCUT2D eigenvalue weighted by molar-refractivity contribution is -0.151. The summed E-state index contributed by atoms with van der Waals surface area (Å²) in [7, 11) is 4.08. The predicted molar refractivity (Wildman–Crippen MR) is 136 cm³/mol. The molecule has 6 aliphatic rings. The molecule has 8 unspecified atom stereocenters. The fraction of sp³-hybridized carbons (Fsp3) is 0.846. The molecule has 12 heteroatoms. The topological polar surface area (TPSA) is 120 Å². The molecule has 8 atom stereocenters. The van der Waals surface area contributed by atoms with Gasteiger partial charge in [0.05, 0.1) is 48.1 Å². The van der Waals surface area contributed by atoms with Crippen LogP contribution in [0.15, 0.2) is 0 Å². The molecule has 0 aliphatic carbocycles. The number of carbonyl (C=O) groups is 4. The van der Waals surface area contributed by atoms with Crippen LogP contribution < -0.4 is 0 Å². The number of amides is 2. The minimum atomic E-state index is -0.889. The van der Waals surface area contributed by atoms with Crippen molar-refractivity contribution in [2.75, 3.05) is 66.5 Å². The lowest BCUT2D eigenvalue weighted by atomic mass is 9.78. The summed E-state index contributed by atoms with van der Waals surface area (Å²) in [5, 5.41) is 8.92. The Hall–Kier alpha value is -1.79. The zero-order valence-corrected chi connectivity index (χ0v) is 22.9. The van der Waals surface area contributed by atoms with Gasteiger partial charge >= 0.3 is 5.97 Å². The first-order valence-electron chi connectivity index (χ1n) is 13.8. The van der Waals surface area contributed by atoms with E-state index in [1.165, 1.54) is 0 Å². The average molecular weight is 555 g/mol. The number of halogens is 1. The van der Waals surface area contributed by atoms with Crippen LogP contribution in [0.25, 0.3) is 0 Å². The molecule has 6 aliphatic heterocycles. The highest BCUT2D eigenvalue weighted by atomic mass is 35.5. The molecule has 0 spiro atoms. The summed E-state index contributed by atoms with van der Waals surface area (Å²) in [6.45, 7) is 6.31. The van der Waals surface area contributed by atoms with Crippen molar-refractivity contribution in [2.45, 2.75) is 50.1 Å². The number of carboxylic acid groups (broad SMARTS) is 1. The lowest BCUT2D eigenvalue weighted by Crippen LogP contribution is -2.52.